The largest absolute Gasteiger partial charge is 0.284 e. The molecule has 0 radical (unpaired) electrons. The van der Waals surface area contributed by atoms with Crippen LogP contribution in [0.15, 0.2) is 24.5 Å². The van der Waals surface area contributed by atoms with Gasteiger partial charge >= 0.3 is 0 Å². The molecular formula is C11H11N3O2. The van der Waals surface area contributed by atoms with E-state index in [-0.39, 0.29) is 23.7 Å². The van der Waals surface area contributed by atoms with E-state index < -0.39 is 0 Å². The van der Waals surface area contributed by atoms with Gasteiger partial charge in [-0.25, -0.2) is 4.90 Å². The van der Waals surface area contributed by atoms with Crippen molar-refractivity contribution in [2.45, 2.75) is 12.8 Å². The zero-order valence-corrected chi connectivity index (χ0v) is 8.59. The lowest BCUT2D eigenvalue weighted by Crippen LogP contribution is -2.30. The highest BCUT2D eigenvalue weighted by atomic mass is 16.2. The summed E-state index contributed by atoms with van der Waals surface area (Å²) in [5.41, 5.74) is 0.546. The van der Waals surface area contributed by atoms with E-state index in [1.807, 2.05) is 12.2 Å². The second kappa shape index (κ2) is 3.30. The molecule has 0 spiro atoms. The quantitative estimate of drug-likeness (QED) is 0.560. The minimum Gasteiger partial charge on any atom is -0.284 e. The van der Waals surface area contributed by atoms with Crippen molar-refractivity contribution < 1.29 is 9.59 Å². The Morgan fingerprint density at radius 2 is 1.81 bits per heavy atom. The third-order valence-electron chi connectivity index (χ3n) is 3.25. The number of fused-ring (bicyclic) bond motifs is 1. The molecule has 1 N–H and O–H groups in total. The van der Waals surface area contributed by atoms with E-state index in [9.17, 15) is 9.59 Å². The number of nitrogens with zero attached hydrogens (tertiary/aromatic N) is 2. The Hall–Kier alpha value is -1.91. The lowest BCUT2D eigenvalue weighted by Gasteiger charge is -2.14. The molecule has 1 fully saturated rings. The van der Waals surface area contributed by atoms with Crippen molar-refractivity contribution >= 4 is 17.5 Å². The number of nitrogens with one attached hydrogen (secondary N) is 1. The summed E-state index contributed by atoms with van der Waals surface area (Å²) >= 11 is 0. The Labute approximate surface area is 92.1 Å². The zero-order chi connectivity index (χ0) is 11.1. The predicted molar refractivity (Wildman–Crippen MR) is 56.4 cm³/mol. The zero-order valence-electron chi connectivity index (χ0n) is 8.59. The number of anilines is 1. The average molecular weight is 217 g/mol. The molecule has 1 aliphatic carbocycles. The van der Waals surface area contributed by atoms with Gasteiger partial charge in [0.1, 0.15) is 0 Å². The number of carbonyl (C=O) groups excluding carboxylic acids is 2. The summed E-state index contributed by atoms with van der Waals surface area (Å²) in [5.74, 6) is -0.540. The van der Waals surface area contributed by atoms with Crippen LogP contribution >= 0.6 is 0 Å². The van der Waals surface area contributed by atoms with E-state index in [1.54, 1.807) is 6.20 Å². The van der Waals surface area contributed by atoms with E-state index >= 15 is 0 Å². The maximum Gasteiger partial charge on any atom is 0.238 e. The molecule has 16 heavy (non-hydrogen) atoms. The van der Waals surface area contributed by atoms with Crippen LogP contribution in [-0.4, -0.2) is 22.0 Å². The first kappa shape index (κ1) is 9.33. The second-order valence-electron chi connectivity index (χ2n) is 4.12. The molecule has 0 aromatic carbocycles. The topological polar surface area (TPSA) is 66.1 Å². The number of aromatic nitrogens is 2. The molecule has 82 valence electrons. The number of rotatable bonds is 1. The van der Waals surface area contributed by atoms with E-state index in [4.69, 9.17) is 0 Å². The van der Waals surface area contributed by atoms with Gasteiger partial charge in [-0.1, -0.05) is 12.2 Å². The summed E-state index contributed by atoms with van der Waals surface area (Å²) in [6, 6.07) is 0. The molecule has 2 amide bonds. The fourth-order valence-electron chi connectivity index (χ4n) is 2.42. The van der Waals surface area contributed by atoms with Crippen LogP contribution in [0, 0.1) is 11.8 Å². The van der Waals surface area contributed by atoms with Crippen molar-refractivity contribution in [2.24, 2.45) is 11.8 Å². The van der Waals surface area contributed by atoms with Gasteiger partial charge in [0.15, 0.2) is 0 Å². The number of H-pyrrole nitrogens is 1. The van der Waals surface area contributed by atoms with Crippen LogP contribution in [0.3, 0.4) is 0 Å². The Bertz CT molecular complexity index is 438. The predicted octanol–water partition coefficient (Wildman–Crippen LogP) is 0.865. The van der Waals surface area contributed by atoms with Crippen molar-refractivity contribution in [2.75, 3.05) is 4.90 Å². The third kappa shape index (κ3) is 1.14. The maximum atomic E-state index is 12.1. The minimum absolute atomic E-state index is 0.0965. The second-order valence-corrected chi connectivity index (χ2v) is 4.12. The summed E-state index contributed by atoms with van der Waals surface area (Å²) in [6.45, 7) is 0. The number of hydrogen-bond acceptors (Lipinski definition) is 3. The Kier molecular flexibility index (Phi) is 1.92. The SMILES string of the molecule is O=C1C2CC=CCC2C(=O)N1c1cn[nH]c1. The lowest BCUT2D eigenvalue weighted by molar-refractivity contribution is -0.122. The van der Waals surface area contributed by atoms with Crippen molar-refractivity contribution in [1.82, 2.24) is 10.2 Å². The molecule has 2 atom stereocenters. The van der Waals surface area contributed by atoms with E-state index in [0.29, 0.717) is 18.5 Å². The van der Waals surface area contributed by atoms with Gasteiger partial charge in [0.05, 0.1) is 23.7 Å². The summed E-state index contributed by atoms with van der Waals surface area (Å²) in [5, 5.41) is 6.38. The number of hydrogen-bond donors (Lipinski definition) is 1. The number of carbonyl (C=O) groups is 2. The molecule has 0 saturated carbocycles. The van der Waals surface area contributed by atoms with Gasteiger partial charge in [-0.05, 0) is 12.8 Å². The smallest absolute Gasteiger partial charge is 0.238 e. The van der Waals surface area contributed by atoms with Gasteiger partial charge in [-0.2, -0.15) is 5.10 Å². The molecular weight excluding hydrogens is 206 g/mol. The Balaban J connectivity index is 1.98. The normalized spacial score (nSPS) is 28.6. The lowest BCUT2D eigenvalue weighted by atomic mass is 9.85. The summed E-state index contributed by atoms with van der Waals surface area (Å²) < 4.78 is 0. The molecule has 1 saturated heterocycles. The first-order valence-electron chi connectivity index (χ1n) is 5.30. The highest BCUT2D eigenvalue weighted by Gasteiger charge is 2.47. The monoisotopic (exact) mass is 217 g/mol. The van der Waals surface area contributed by atoms with Gasteiger partial charge in [0.2, 0.25) is 11.8 Å². The average Bonchev–Trinajstić information content (AvgIpc) is 2.89. The van der Waals surface area contributed by atoms with Gasteiger partial charge in [0, 0.05) is 6.20 Å². The summed E-state index contributed by atoms with van der Waals surface area (Å²) in [4.78, 5) is 25.4. The number of imide groups is 1. The molecule has 5 heteroatoms. The van der Waals surface area contributed by atoms with Crippen molar-refractivity contribution in [1.29, 1.82) is 0 Å². The molecule has 2 unspecified atom stereocenters. The fraction of sp³-hybridized carbons (Fsp3) is 0.364. The Morgan fingerprint density at radius 1 is 1.19 bits per heavy atom. The van der Waals surface area contributed by atoms with E-state index in [0.717, 1.165) is 0 Å². The molecule has 3 rings (SSSR count). The van der Waals surface area contributed by atoms with Gasteiger partial charge < -0.3 is 0 Å². The summed E-state index contributed by atoms with van der Waals surface area (Å²) in [7, 11) is 0. The highest BCUT2D eigenvalue weighted by molar-refractivity contribution is 6.22. The van der Waals surface area contributed by atoms with Gasteiger partial charge in [0.25, 0.3) is 0 Å². The van der Waals surface area contributed by atoms with Crippen molar-refractivity contribution in [3.63, 3.8) is 0 Å². The minimum atomic E-state index is -0.174. The summed E-state index contributed by atoms with van der Waals surface area (Å²) in [6.07, 6.45) is 8.37. The standard InChI is InChI=1S/C11H11N3O2/c15-10-8-3-1-2-4-9(8)11(16)14(10)7-5-12-13-6-7/h1-2,5-6,8-9H,3-4H2,(H,12,13). The van der Waals surface area contributed by atoms with Gasteiger partial charge in [-0.3, -0.25) is 14.7 Å². The van der Waals surface area contributed by atoms with E-state index in [2.05, 4.69) is 10.2 Å². The number of amides is 2. The molecule has 2 aliphatic rings. The first-order valence-corrected chi connectivity index (χ1v) is 5.30. The molecule has 2 heterocycles. The number of allylic oxidation sites excluding steroid dienone is 2. The first-order chi connectivity index (χ1) is 7.79. The molecule has 1 aromatic rings. The maximum absolute atomic E-state index is 12.1. The van der Waals surface area contributed by atoms with Crippen LogP contribution in [0.5, 0.6) is 0 Å². The number of aromatic amines is 1. The van der Waals surface area contributed by atoms with Crippen molar-refractivity contribution in [3.8, 4) is 0 Å². The molecule has 0 bridgehead atoms. The van der Waals surface area contributed by atoms with Crippen LogP contribution in [0.4, 0.5) is 5.69 Å². The van der Waals surface area contributed by atoms with Crippen LogP contribution in [0.1, 0.15) is 12.8 Å². The van der Waals surface area contributed by atoms with Crippen LogP contribution < -0.4 is 4.90 Å². The molecule has 1 aromatic heterocycles. The van der Waals surface area contributed by atoms with Gasteiger partial charge in [-0.15, -0.1) is 0 Å². The fourth-order valence-corrected chi connectivity index (χ4v) is 2.42. The third-order valence-corrected chi connectivity index (χ3v) is 3.25. The molecule has 5 nitrogen and oxygen atoms in total. The highest BCUT2D eigenvalue weighted by Crippen LogP contribution is 2.37. The van der Waals surface area contributed by atoms with E-state index in [1.165, 1.54) is 11.1 Å². The Morgan fingerprint density at radius 3 is 2.31 bits per heavy atom. The molecule has 1 aliphatic heterocycles. The van der Waals surface area contributed by atoms with Crippen LogP contribution in [0.2, 0.25) is 0 Å². The van der Waals surface area contributed by atoms with Crippen LogP contribution in [0.25, 0.3) is 0 Å². The van der Waals surface area contributed by atoms with Crippen molar-refractivity contribution in [3.05, 3.63) is 24.5 Å². The van der Waals surface area contributed by atoms with Crippen LogP contribution in [-0.2, 0) is 9.59 Å².